The standard InChI is InChI=1S/C16H20N4OS/c1-3-20-11(2)18-19-16(20)22-10-12-4-6-13(7-5-12)15(21)17-14-8-9-14/h4-7,14H,3,8-10H2,1-2H3,(H,17,21). The zero-order valence-corrected chi connectivity index (χ0v) is 13.7. The number of nitrogens with zero attached hydrogens (tertiary/aromatic N) is 3. The van der Waals surface area contributed by atoms with Gasteiger partial charge in [0.2, 0.25) is 0 Å². The number of carbonyl (C=O) groups excluding carboxylic acids is 1. The van der Waals surface area contributed by atoms with Gasteiger partial charge in [-0.1, -0.05) is 23.9 Å². The number of rotatable bonds is 6. The normalized spacial score (nSPS) is 14.1. The highest BCUT2D eigenvalue weighted by Crippen LogP contribution is 2.22. The first-order valence-corrected chi connectivity index (χ1v) is 8.58. The average molecular weight is 316 g/mol. The topological polar surface area (TPSA) is 59.8 Å². The number of benzene rings is 1. The van der Waals surface area contributed by atoms with Crippen LogP contribution in [0, 0.1) is 6.92 Å². The van der Waals surface area contributed by atoms with E-state index in [1.54, 1.807) is 11.8 Å². The Bertz CT molecular complexity index is 661. The highest BCUT2D eigenvalue weighted by atomic mass is 32.2. The van der Waals surface area contributed by atoms with Crippen LogP contribution in [0.5, 0.6) is 0 Å². The molecule has 1 aromatic heterocycles. The van der Waals surface area contributed by atoms with E-state index >= 15 is 0 Å². The number of amides is 1. The van der Waals surface area contributed by atoms with Gasteiger partial charge in [0.05, 0.1) is 0 Å². The molecule has 1 aliphatic carbocycles. The van der Waals surface area contributed by atoms with E-state index in [0.29, 0.717) is 6.04 Å². The predicted molar refractivity (Wildman–Crippen MR) is 86.9 cm³/mol. The summed E-state index contributed by atoms with van der Waals surface area (Å²) in [6.45, 7) is 4.93. The first kappa shape index (κ1) is 15.1. The van der Waals surface area contributed by atoms with Crippen LogP contribution >= 0.6 is 11.8 Å². The van der Waals surface area contributed by atoms with Crippen LogP contribution in [0.25, 0.3) is 0 Å². The highest BCUT2D eigenvalue weighted by molar-refractivity contribution is 7.98. The van der Waals surface area contributed by atoms with Gasteiger partial charge in [-0.25, -0.2) is 0 Å². The van der Waals surface area contributed by atoms with Gasteiger partial charge >= 0.3 is 0 Å². The lowest BCUT2D eigenvalue weighted by Gasteiger charge is -2.06. The third kappa shape index (κ3) is 3.50. The maximum atomic E-state index is 11.9. The summed E-state index contributed by atoms with van der Waals surface area (Å²) in [5.74, 6) is 1.79. The van der Waals surface area contributed by atoms with Crippen molar-refractivity contribution in [2.24, 2.45) is 0 Å². The molecule has 0 aliphatic heterocycles. The SMILES string of the molecule is CCn1c(C)nnc1SCc1ccc(C(=O)NC2CC2)cc1. The summed E-state index contributed by atoms with van der Waals surface area (Å²) < 4.78 is 2.10. The van der Waals surface area contributed by atoms with Gasteiger partial charge in [0.25, 0.3) is 5.91 Å². The van der Waals surface area contributed by atoms with Gasteiger partial charge in [-0.3, -0.25) is 4.79 Å². The number of aromatic nitrogens is 3. The Morgan fingerprint density at radius 1 is 1.32 bits per heavy atom. The van der Waals surface area contributed by atoms with Crippen molar-refractivity contribution in [2.45, 2.75) is 50.2 Å². The average Bonchev–Trinajstić information content (AvgIpc) is 3.27. The van der Waals surface area contributed by atoms with Crippen molar-refractivity contribution in [1.82, 2.24) is 20.1 Å². The van der Waals surface area contributed by atoms with Crippen molar-refractivity contribution in [1.29, 1.82) is 0 Å². The minimum absolute atomic E-state index is 0.0306. The van der Waals surface area contributed by atoms with Crippen LogP contribution in [-0.2, 0) is 12.3 Å². The molecular formula is C16H20N4OS. The molecule has 1 aliphatic rings. The second-order valence-corrected chi connectivity index (χ2v) is 6.45. The maximum absolute atomic E-state index is 11.9. The Hall–Kier alpha value is -1.82. The van der Waals surface area contributed by atoms with Crippen LogP contribution < -0.4 is 5.32 Å². The van der Waals surface area contributed by atoms with Gasteiger partial charge in [-0.2, -0.15) is 0 Å². The molecule has 1 fully saturated rings. The Labute approximate surface area is 134 Å². The molecule has 0 radical (unpaired) electrons. The fourth-order valence-corrected chi connectivity index (χ4v) is 3.23. The van der Waals surface area contributed by atoms with Crippen LogP contribution in [0.4, 0.5) is 0 Å². The summed E-state index contributed by atoms with van der Waals surface area (Å²) in [6, 6.07) is 8.20. The molecule has 1 aromatic carbocycles. The molecular weight excluding hydrogens is 296 g/mol. The Morgan fingerprint density at radius 2 is 2.05 bits per heavy atom. The summed E-state index contributed by atoms with van der Waals surface area (Å²) >= 11 is 1.67. The number of thioether (sulfide) groups is 1. The van der Waals surface area contributed by atoms with E-state index in [0.717, 1.165) is 41.7 Å². The molecule has 3 rings (SSSR count). The zero-order valence-electron chi connectivity index (χ0n) is 12.9. The molecule has 2 aromatic rings. The number of carbonyl (C=O) groups is 1. The molecule has 1 N–H and O–H groups in total. The van der Waals surface area contributed by atoms with Crippen molar-refractivity contribution in [3.05, 3.63) is 41.2 Å². The Kier molecular flexibility index (Phi) is 4.47. The van der Waals surface area contributed by atoms with Crippen LogP contribution in [0.1, 0.15) is 41.5 Å². The molecule has 0 saturated heterocycles. The number of nitrogens with one attached hydrogen (secondary N) is 1. The quantitative estimate of drug-likeness (QED) is 0.833. The lowest BCUT2D eigenvalue weighted by atomic mass is 10.1. The fraction of sp³-hybridized carbons (Fsp3) is 0.438. The summed E-state index contributed by atoms with van der Waals surface area (Å²) in [5.41, 5.74) is 1.91. The molecule has 5 nitrogen and oxygen atoms in total. The smallest absolute Gasteiger partial charge is 0.251 e. The molecule has 0 spiro atoms. The predicted octanol–water partition coefficient (Wildman–Crippen LogP) is 2.79. The minimum atomic E-state index is 0.0306. The van der Waals surface area contributed by atoms with Crippen molar-refractivity contribution >= 4 is 17.7 Å². The molecule has 116 valence electrons. The van der Waals surface area contributed by atoms with Gasteiger partial charge in [0, 0.05) is 23.9 Å². The zero-order chi connectivity index (χ0) is 15.5. The van der Waals surface area contributed by atoms with Crippen molar-refractivity contribution in [2.75, 3.05) is 0 Å². The van der Waals surface area contributed by atoms with Gasteiger partial charge in [0.1, 0.15) is 5.82 Å². The summed E-state index contributed by atoms with van der Waals surface area (Å²) in [6.07, 6.45) is 2.22. The van der Waals surface area contributed by atoms with E-state index in [9.17, 15) is 4.79 Å². The minimum Gasteiger partial charge on any atom is -0.349 e. The molecule has 22 heavy (non-hydrogen) atoms. The molecule has 0 unspecified atom stereocenters. The molecule has 0 bridgehead atoms. The summed E-state index contributed by atoms with van der Waals surface area (Å²) in [7, 11) is 0. The van der Waals surface area contributed by atoms with E-state index < -0.39 is 0 Å². The number of hydrogen-bond donors (Lipinski definition) is 1. The second-order valence-electron chi connectivity index (χ2n) is 5.51. The van der Waals surface area contributed by atoms with E-state index in [-0.39, 0.29) is 5.91 Å². The Morgan fingerprint density at radius 3 is 2.68 bits per heavy atom. The van der Waals surface area contributed by atoms with Gasteiger partial charge < -0.3 is 9.88 Å². The molecule has 0 atom stereocenters. The van der Waals surface area contributed by atoms with Crippen molar-refractivity contribution in [3.8, 4) is 0 Å². The fourth-order valence-electron chi connectivity index (χ4n) is 2.23. The first-order valence-electron chi connectivity index (χ1n) is 7.59. The van der Waals surface area contributed by atoms with E-state index in [4.69, 9.17) is 0 Å². The van der Waals surface area contributed by atoms with E-state index in [1.165, 1.54) is 5.56 Å². The largest absolute Gasteiger partial charge is 0.349 e. The third-order valence-electron chi connectivity index (χ3n) is 3.71. The van der Waals surface area contributed by atoms with Gasteiger partial charge in [-0.05, 0) is 44.4 Å². The Balaban J connectivity index is 1.59. The van der Waals surface area contributed by atoms with Crippen molar-refractivity contribution < 1.29 is 4.79 Å². The van der Waals surface area contributed by atoms with Crippen LogP contribution in [-0.4, -0.2) is 26.7 Å². The lowest BCUT2D eigenvalue weighted by Crippen LogP contribution is -2.25. The van der Waals surface area contributed by atoms with Crippen LogP contribution in [0.2, 0.25) is 0 Å². The molecule has 1 heterocycles. The summed E-state index contributed by atoms with van der Waals surface area (Å²) in [4.78, 5) is 11.9. The monoisotopic (exact) mass is 316 g/mol. The van der Waals surface area contributed by atoms with Gasteiger partial charge in [0.15, 0.2) is 5.16 Å². The van der Waals surface area contributed by atoms with E-state index in [1.807, 2.05) is 31.2 Å². The maximum Gasteiger partial charge on any atom is 0.251 e. The third-order valence-corrected chi connectivity index (χ3v) is 4.75. The highest BCUT2D eigenvalue weighted by Gasteiger charge is 2.23. The number of hydrogen-bond acceptors (Lipinski definition) is 4. The second kappa shape index (κ2) is 6.52. The first-order chi connectivity index (χ1) is 10.7. The van der Waals surface area contributed by atoms with E-state index in [2.05, 4.69) is 27.0 Å². The van der Waals surface area contributed by atoms with Crippen LogP contribution in [0.3, 0.4) is 0 Å². The number of aryl methyl sites for hydroxylation is 1. The lowest BCUT2D eigenvalue weighted by molar-refractivity contribution is 0.0951. The van der Waals surface area contributed by atoms with Gasteiger partial charge in [-0.15, -0.1) is 10.2 Å². The molecule has 6 heteroatoms. The summed E-state index contributed by atoms with van der Waals surface area (Å²) in [5, 5.41) is 12.2. The van der Waals surface area contributed by atoms with Crippen LogP contribution in [0.15, 0.2) is 29.4 Å². The molecule has 1 amide bonds. The molecule has 1 saturated carbocycles. The van der Waals surface area contributed by atoms with Crippen molar-refractivity contribution in [3.63, 3.8) is 0 Å².